The molecule has 0 atom stereocenters. The quantitative estimate of drug-likeness (QED) is 0.411. The second-order valence-electron chi connectivity index (χ2n) is 7.83. The number of aryl methyl sites for hydroxylation is 1. The molecule has 2 aromatic carbocycles. The summed E-state index contributed by atoms with van der Waals surface area (Å²) < 4.78 is 5.94. The fraction of sp³-hybridized carbons (Fsp3) is 0.208. The number of nitro benzene ring substituents is 1. The third-order valence-electron chi connectivity index (χ3n) is 5.67. The van der Waals surface area contributed by atoms with E-state index in [-0.39, 0.29) is 27.9 Å². The zero-order chi connectivity index (χ0) is 24.4. The number of nitrogens with zero attached hydrogens (tertiary/aromatic N) is 3. The van der Waals surface area contributed by atoms with E-state index < -0.39 is 10.8 Å². The summed E-state index contributed by atoms with van der Waals surface area (Å²) in [6.45, 7) is 1.79. The Balaban J connectivity index is 1.59. The number of anilines is 1. The van der Waals surface area contributed by atoms with Gasteiger partial charge in [-0.3, -0.25) is 19.7 Å². The van der Waals surface area contributed by atoms with Crippen LogP contribution in [0.3, 0.4) is 0 Å². The summed E-state index contributed by atoms with van der Waals surface area (Å²) in [5, 5.41) is 15.3. The first-order valence-corrected chi connectivity index (χ1v) is 10.9. The van der Waals surface area contributed by atoms with Gasteiger partial charge in [0.05, 0.1) is 10.6 Å². The van der Waals surface area contributed by atoms with Gasteiger partial charge in [0, 0.05) is 41.9 Å². The van der Waals surface area contributed by atoms with E-state index in [0.717, 1.165) is 18.2 Å². The molecule has 10 heteroatoms. The van der Waals surface area contributed by atoms with Crippen molar-refractivity contribution in [3.05, 3.63) is 91.9 Å². The number of furan rings is 1. The van der Waals surface area contributed by atoms with Crippen LogP contribution in [0.5, 0.6) is 0 Å². The van der Waals surface area contributed by atoms with E-state index in [9.17, 15) is 19.7 Å². The molecule has 0 spiro atoms. The molecular weight excluding hydrogens is 460 g/mol. The number of hydrogen-bond acceptors (Lipinski definition) is 6. The van der Waals surface area contributed by atoms with Crippen molar-refractivity contribution in [2.45, 2.75) is 26.2 Å². The number of benzene rings is 2. The van der Waals surface area contributed by atoms with Gasteiger partial charge in [0.1, 0.15) is 10.8 Å². The number of nitro groups is 1. The zero-order valence-corrected chi connectivity index (χ0v) is 19.3. The van der Waals surface area contributed by atoms with Crippen LogP contribution in [-0.4, -0.2) is 29.5 Å². The minimum Gasteiger partial charge on any atom is -0.455 e. The Labute approximate surface area is 200 Å². The summed E-state index contributed by atoms with van der Waals surface area (Å²) in [6.07, 6.45) is 1.97. The summed E-state index contributed by atoms with van der Waals surface area (Å²) in [5.74, 6) is -0.0232. The lowest BCUT2D eigenvalue weighted by Gasteiger charge is -2.16. The van der Waals surface area contributed by atoms with E-state index in [1.807, 2.05) is 30.3 Å². The van der Waals surface area contributed by atoms with E-state index >= 15 is 0 Å². The highest BCUT2D eigenvalue weighted by molar-refractivity contribution is 6.32. The normalized spacial score (nSPS) is 13.9. The Morgan fingerprint density at radius 2 is 1.91 bits per heavy atom. The van der Waals surface area contributed by atoms with Crippen LogP contribution in [0.4, 0.5) is 11.4 Å². The highest BCUT2D eigenvalue weighted by Gasteiger charge is 2.30. The number of carbonyl (C=O) groups excluding carboxylic acids is 2. The number of halogens is 1. The van der Waals surface area contributed by atoms with Crippen LogP contribution in [0.1, 0.15) is 50.6 Å². The molecule has 1 aliphatic rings. The minimum absolute atomic E-state index is 0.0563. The Bertz CT molecular complexity index is 1320. The maximum atomic E-state index is 13.1. The summed E-state index contributed by atoms with van der Waals surface area (Å²) in [5.41, 5.74) is 4.83. The van der Waals surface area contributed by atoms with Gasteiger partial charge in [-0.2, -0.15) is 5.10 Å². The van der Waals surface area contributed by atoms with Gasteiger partial charge < -0.3 is 9.32 Å². The number of carbonyl (C=O) groups is 2. The Hall–Kier alpha value is -3.98. The summed E-state index contributed by atoms with van der Waals surface area (Å²) in [4.78, 5) is 37.6. The molecule has 34 heavy (non-hydrogen) atoms. The topological polar surface area (TPSA) is 118 Å². The Kier molecular flexibility index (Phi) is 6.47. The lowest BCUT2D eigenvalue weighted by Crippen LogP contribution is -2.26. The first kappa shape index (κ1) is 23.2. The molecule has 1 aliphatic carbocycles. The number of fused-ring (bicyclic) bond motifs is 1. The smallest absolute Gasteiger partial charge is 0.294 e. The molecule has 0 aliphatic heterocycles. The van der Waals surface area contributed by atoms with Crippen LogP contribution < -0.4 is 10.3 Å². The number of hydrogen-bond donors (Lipinski definition) is 1. The van der Waals surface area contributed by atoms with E-state index in [2.05, 4.69) is 10.5 Å². The number of rotatable bonds is 5. The third-order valence-corrected chi connectivity index (χ3v) is 5.99. The van der Waals surface area contributed by atoms with E-state index in [0.29, 0.717) is 35.4 Å². The highest BCUT2D eigenvalue weighted by atomic mass is 35.5. The molecule has 0 saturated heterocycles. The van der Waals surface area contributed by atoms with Crippen molar-refractivity contribution in [3.8, 4) is 0 Å². The van der Waals surface area contributed by atoms with Gasteiger partial charge in [0.2, 0.25) is 0 Å². The van der Waals surface area contributed by atoms with Gasteiger partial charge in [-0.25, -0.2) is 5.43 Å². The van der Waals surface area contributed by atoms with Crippen LogP contribution in [0.2, 0.25) is 5.02 Å². The molecular formula is C24H21ClN4O5. The van der Waals surface area contributed by atoms with Crippen LogP contribution in [0, 0.1) is 17.0 Å². The number of nitrogens with one attached hydrogen (secondary N) is 1. The summed E-state index contributed by atoms with van der Waals surface area (Å²) in [7, 11) is 1.68. The van der Waals surface area contributed by atoms with E-state index in [1.54, 1.807) is 14.0 Å². The number of amides is 2. The molecule has 0 fully saturated rings. The summed E-state index contributed by atoms with van der Waals surface area (Å²) >= 11 is 5.82. The van der Waals surface area contributed by atoms with Gasteiger partial charge >= 0.3 is 0 Å². The second-order valence-corrected chi connectivity index (χ2v) is 8.24. The third kappa shape index (κ3) is 4.42. The molecule has 2 amide bonds. The van der Waals surface area contributed by atoms with Crippen molar-refractivity contribution in [3.63, 3.8) is 0 Å². The number of para-hydroxylation sites is 1. The van der Waals surface area contributed by atoms with Crippen LogP contribution in [0.25, 0.3) is 0 Å². The maximum Gasteiger partial charge on any atom is 0.294 e. The lowest BCUT2D eigenvalue weighted by molar-refractivity contribution is -0.384. The first-order valence-electron chi connectivity index (χ1n) is 10.5. The fourth-order valence-electron chi connectivity index (χ4n) is 3.88. The molecule has 1 aromatic heterocycles. The van der Waals surface area contributed by atoms with Gasteiger partial charge in [-0.05, 0) is 44.0 Å². The largest absolute Gasteiger partial charge is 0.455 e. The number of hydrazone groups is 1. The molecule has 1 heterocycles. The average molecular weight is 481 g/mol. The predicted molar refractivity (Wildman–Crippen MR) is 128 cm³/mol. The minimum atomic E-state index is -0.655. The molecule has 0 saturated carbocycles. The monoisotopic (exact) mass is 480 g/mol. The standard InChI is InChI=1S/C24H21ClN4O5/c1-14-21-18(26-27-23(30)15-11-12-17(25)19(13-15)29(32)33)9-6-10-20(21)34-22(14)24(31)28(2)16-7-4-3-5-8-16/h3-5,7-8,11-13H,6,9-10H2,1-2H3,(H,27,30)/b26-18+. The van der Waals surface area contributed by atoms with Gasteiger partial charge in [-0.1, -0.05) is 29.8 Å². The zero-order valence-electron chi connectivity index (χ0n) is 18.5. The van der Waals surface area contributed by atoms with Gasteiger partial charge in [0.25, 0.3) is 17.5 Å². The van der Waals surface area contributed by atoms with Crippen molar-refractivity contribution in [2.24, 2.45) is 5.10 Å². The molecule has 0 radical (unpaired) electrons. The van der Waals surface area contributed by atoms with Crippen LogP contribution in [-0.2, 0) is 6.42 Å². The highest BCUT2D eigenvalue weighted by Crippen LogP contribution is 2.31. The molecule has 9 nitrogen and oxygen atoms in total. The van der Waals surface area contributed by atoms with Crippen molar-refractivity contribution in [1.29, 1.82) is 0 Å². The molecule has 174 valence electrons. The van der Waals surface area contributed by atoms with Gasteiger partial charge in [0.15, 0.2) is 5.76 Å². The molecule has 4 rings (SSSR count). The molecule has 0 bridgehead atoms. The van der Waals surface area contributed by atoms with Crippen molar-refractivity contribution < 1.29 is 18.9 Å². The lowest BCUT2D eigenvalue weighted by atomic mass is 9.93. The van der Waals surface area contributed by atoms with Crippen molar-refractivity contribution in [2.75, 3.05) is 11.9 Å². The Morgan fingerprint density at radius 3 is 2.62 bits per heavy atom. The average Bonchev–Trinajstić information content (AvgIpc) is 3.19. The fourth-order valence-corrected chi connectivity index (χ4v) is 4.07. The molecule has 0 unspecified atom stereocenters. The first-order chi connectivity index (χ1) is 16.3. The molecule has 1 N–H and O–H groups in total. The molecule has 3 aromatic rings. The predicted octanol–water partition coefficient (Wildman–Crippen LogP) is 4.90. The van der Waals surface area contributed by atoms with E-state index in [4.69, 9.17) is 16.0 Å². The van der Waals surface area contributed by atoms with Crippen LogP contribution in [0.15, 0.2) is 58.0 Å². The maximum absolute atomic E-state index is 13.1. The Morgan fingerprint density at radius 1 is 1.18 bits per heavy atom. The van der Waals surface area contributed by atoms with Gasteiger partial charge in [-0.15, -0.1) is 0 Å². The van der Waals surface area contributed by atoms with E-state index in [1.165, 1.54) is 17.0 Å². The van der Waals surface area contributed by atoms with Crippen LogP contribution >= 0.6 is 11.6 Å². The second kappa shape index (κ2) is 9.48. The van der Waals surface area contributed by atoms with Crippen molar-refractivity contribution >= 4 is 40.5 Å². The van der Waals surface area contributed by atoms with Crippen molar-refractivity contribution in [1.82, 2.24) is 5.43 Å². The SMILES string of the molecule is Cc1c(C(=O)N(C)c2ccccc2)oc2c1/C(=N/NC(=O)c1ccc(Cl)c([N+](=O)[O-])c1)CCC2. The summed E-state index contributed by atoms with van der Waals surface area (Å²) in [6, 6.07) is 13.0.